The molecule has 0 saturated heterocycles. The maximum absolute atomic E-state index is 12.2. The summed E-state index contributed by atoms with van der Waals surface area (Å²) in [7, 11) is 3.04. The van der Waals surface area contributed by atoms with Crippen LogP contribution in [0.4, 0.5) is 5.69 Å². The Bertz CT molecular complexity index is 737. The predicted molar refractivity (Wildman–Crippen MR) is 96.3 cm³/mol. The van der Waals surface area contributed by atoms with Gasteiger partial charge in [-0.3, -0.25) is 9.59 Å². The van der Waals surface area contributed by atoms with Crippen molar-refractivity contribution in [1.29, 1.82) is 0 Å². The molecule has 0 aliphatic rings. The zero-order valence-electron chi connectivity index (χ0n) is 14.6. The highest BCUT2D eigenvalue weighted by atomic mass is 16.5. The fraction of sp³-hybridized carbons (Fsp3) is 0.263. The molecule has 0 aliphatic carbocycles. The molecule has 0 atom stereocenters. The van der Waals surface area contributed by atoms with E-state index in [9.17, 15) is 9.59 Å². The van der Waals surface area contributed by atoms with Crippen LogP contribution in [0, 0.1) is 6.92 Å². The van der Waals surface area contributed by atoms with Gasteiger partial charge in [0.05, 0.1) is 14.2 Å². The molecule has 0 bridgehead atoms. The smallest absolute Gasteiger partial charge is 0.251 e. The normalized spacial score (nSPS) is 10.0. The van der Waals surface area contributed by atoms with Gasteiger partial charge in [-0.15, -0.1) is 0 Å². The second kappa shape index (κ2) is 8.73. The highest BCUT2D eigenvalue weighted by Crippen LogP contribution is 2.22. The third-order valence-electron chi connectivity index (χ3n) is 3.55. The van der Waals surface area contributed by atoms with Gasteiger partial charge in [0.1, 0.15) is 11.5 Å². The largest absolute Gasteiger partial charge is 0.497 e. The molecule has 132 valence electrons. The molecule has 0 aliphatic heterocycles. The summed E-state index contributed by atoms with van der Waals surface area (Å²) in [6, 6.07) is 12.5. The SMILES string of the molecule is COc1cc(OC)cc(C(=O)NCCC(=O)Nc2cccc(C)c2)c1. The van der Waals surface area contributed by atoms with Crippen molar-refractivity contribution in [2.45, 2.75) is 13.3 Å². The molecule has 0 radical (unpaired) electrons. The molecular formula is C19H22N2O4. The summed E-state index contributed by atoms with van der Waals surface area (Å²) in [4.78, 5) is 24.2. The molecule has 25 heavy (non-hydrogen) atoms. The number of aryl methyl sites for hydroxylation is 1. The fourth-order valence-corrected chi connectivity index (χ4v) is 2.28. The lowest BCUT2D eigenvalue weighted by Gasteiger charge is -2.10. The van der Waals surface area contributed by atoms with Crippen molar-refractivity contribution < 1.29 is 19.1 Å². The molecule has 2 aromatic carbocycles. The summed E-state index contributed by atoms with van der Waals surface area (Å²) in [5.41, 5.74) is 2.22. The maximum atomic E-state index is 12.2. The number of anilines is 1. The minimum absolute atomic E-state index is 0.158. The van der Waals surface area contributed by atoms with Crippen molar-refractivity contribution in [3.63, 3.8) is 0 Å². The minimum atomic E-state index is -0.291. The maximum Gasteiger partial charge on any atom is 0.251 e. The Hall–Kier alpha value is -3.02. The molecule has 2 rings (SSSR count). The number of methoxy groups -OCH3 is 2. The summed E-state index contributed by atoms with van der Waals surface area (Å²) in [5.74, 6) is 0.609. The lowest BCUT2D eigenvalue weighted by atomic mass is 10.2. The summed E-state index contributed by atoms with van der Waals surface area (Å²) in [6.07, 6.45) is 0.181. The van der Waals surface area contributed by atoms with Crippen molar-refractivity contribution in [1.82, 2.24) is 5.32 Å². The first-order chi connectivity index (χ1) is 12.0. The Balaban J connectivity index is 1.86. The van der Waals surface area contributed by atoms with Crippen LogP contribution < -0.4 is 20.1 Å². The van der Waals surface area contributed by atoms with Crippen molar-refractivity contribution >= 4 is 17.5 Å². The molecule has 0 spiro atoms. The average Bonchev–Trinajstić information content (AvgIpc) is 2.61. The zero-order valence-corrected chi connectivity index (χ0v) is 14.6. The first-order valence-corrected chi connectivity index (χ1v) is 7.89. The minimum Gasteiger partial charge on any atom is -0.497 e. The van der Waals surface area contributed by atoms with E-state index in [1.807, 2.05) is 31.2 Å². The van der Waals surface area contributed by atoms with Gasteiger partial charge in [0.2, 0.25) is 5.91 Å². The van der Waals surface area contributed by atoms with Crippen LogP contribution in [0.1, 0.15) is 22.3 Å². The second-order valence-electron chi connectivity index (χ2n) is 5.52. The Labute approximate surface area is 147 Å². The van der Waals surface area contributed by atoms with E-state index >= 15 is 0 Å². The fourth-order valence-electron chi connectivity index (χ4n) is 2.28. The number of rotatable bonds is 7. The Morgan fingerprint density at radius 1 is 1.00 bits per heavy atom. The van der Waals surface area contributed by atoms with Crippen molar-refractivity contribution in [3.8, 4) is 11.5 Å². The number of carbonyl (C=O) groups is 2. The summed E-state index contributed by atoms with van der Waals surface area (Å²) < 4.78 is 10.3. The van der Waals surface area contributed by atoms with Gasteiger partial charge in [0.25, 0.3) is 5.91 Å². The van der Waals surface area contributed by atoms with Gasteiger partial charge in [-0.1, -0.05) is 12.1 Å². The number of hydrogen-bond donors (Lipinski definition) is 2. The van der Waals surface area contributed by atoms with Gasteiger partial charge < -0.3 is 20.1 Å². The third kappa shape index (κ3) is 5.53. The monoisotopic (exact) mass is 342 g/mol. The molecule has 6 heteroatoms. The van der Waals surface area contributed by atoms with Crippen LogP contribution >= 0.6 is 0 Å². The van der Waals surface area contributed by atoms with Crippen LogP contribution in [-0.4, -0.2) is 32.6 Å². The van der Waals surface area contributed by atoms with E-state index in [1.165, 1.54) is 14.2 Å². The molecule has 2 aromatic rings. The van der Waals surface area contributed by atoms with Crippen LogP contribution in [0.2, 0.25) is 0 Å². The number of carbonyl (C=O) groups excluding carboxylic acids is 2. The zero-order chi connectivity index (χ0) is 18.2. The second-order valence-corrected chi connectivity index (χ2v) is 5.52. The van der Waals surface area contributed by atoms with E-state index in [-0.39, 0.29) is 24.8 Å². The molecule has 0 fully saturated rings. The molecule has 0 aromatic heterocycles. The molecule has 0 saturated carbocycles. The summed E-state index contributed by atoms with van der Waals surface area (Å²) in [5, 5.41) is 5.52. The van der Waals surface area contributed by atoms with E-state index in [1.54, 1.807) is 18.2 Å². The van der Waals surface area contributed by atoms with Gasteiger partial charge in [-0.05, 0) is 36.8 Å². The van der Waals surface area contributed by atoms with Crippen molar-refractivity contribution in [2.75, 3.05) is 26.1 Å². The number of amides is 2. The quantitative estimate of drug-likeness (QED) is 0.811. The van der Waals surface area contributed by atoms with Crippen LogP contribution in [0.15, 0.2) is 42.5 Å². The van der Waals surface area contributed by atoms with Crippen molar-refractivity contribution in [3.05, 3.63) is 53.6 Å². The lowest BCUT2D eigenvalue weighted by molar-refractivity contribution is -0.116. The van der Waals surface area contributed by atoms with Gasteiger partial charge in [0, 0.05) is 30.3 Å². The topological polar surface area (TPSA) is 76.7 Å². The number of benzene rings is 2. The predicted octanol–water partition coefficient (Wildman–Crippen LogP) is 2.77. The Morgan fingerprint density at radius 3 is 2.28 bits per heavy atom. The number of ether oxygens (including phenoxy) is 2. The van der Waals surface area contributed by atoms with E-state index in [2.05, 4.69) is 10.6 Å². The van der Waals surface area contributed by atoms with Crippen LogP contribution in [0.3, 0.4) is 0 Å². The van der Waals surface area contributed by atoms with Crippen LogP contribution in [0.25, 0.3) is 0 Å². The molecule has 2 amide bonds. The molecule has 0 heterocycles. The molecular weight excluding hydrogens is 320 g/mol. The standard InChI is InChI=1S/C19H22N2O4/c1-13-5-4-6-15(9-13)21-18(22)7-8-20-19(23)14-10-16(24-2)12-17(11-14)25-3/h4-6,9-12H,7-8H2,1-3H3,(H,20,23)(H,21,22). The van der Waals surface area contributed by atoms with Crippen LogP contribution in [-0.2, 0) is 4.79 Å². The summed E-state index contributed by atoms with van der Waals surface area (Å²) >= 11 is 0. The van der Waals surface area contributed by atoms with Gasteiger partial charge in [-0.2, -0.15) is 0 Å². The molecule has 2 N–H and O–H groups in total. The number of hydrogen-bond acceptors (Lipinski definition) is 4. The average molecular weight is 342 g/mol. The van der Waals surface area contributed by atoms with E-state index < -0.39 is 0 Å². The highest BCUT2D eigenvalue weighted by Gasteiger charge is 2.10. The van der Waals surface area contributed by atoms with Gasteiger partial charge >= 0.3 is 0 Å². The van der Waals surface area contributed by atoms with E-state index in [0.717, 1.165) is 11.3 Å². The van der Waals surface area contributed by atoms with Gasteiger partial charge in [-0.25, -0.2) is 0 Å². The molecule has 0 unspecified atom stereocenters. The molecule has 6 nitrogen and oxygen atoms in total. The lowest BCUT2D eigenvalue weighted by Crippen LogP contribution is -2.27. The summed E-state index contributed by atoms with van der Waals surface area (Å²) in [6.45, 7) is 2.19. The van der Waals surface area contributed by atoms with E-state index in [4.69, 9.17) is 9.47 Å². The Morgan fingerprint density at radius 2 is 1.68 bits per heavy atom. The first kappa shape index (κ1) is 18.3. The van der Waals surface area contributed by atoms with E-state index in [0.29, 0.717) is 17.1 Å². The van der Waals surface area contributed by atoms with Gasteiger partial charge in [0.15, 0.2) is 0 Å². The highest BCUT2D eigenvalue weighted by molar-refractivity contribution is 5.96. The van der Waals surface area contributed by atoms with Crippen LogP contribution in [0.5, 0.6) is 11.5 Å². The van der Waals surface area contributed by atoms with Crippen molar-refractivity contribution in [2.24, 2.45) is 0 Å². The number of nitrogens with one attached hydrogen (secondary N) is 2. The Kier molecular flexibility index (Phi) is 6.39. The first-order valence-electron chi connectivity index (χ1n) is 7.89. The third-order valence-corrected chi connectivity index (χ3v) is 3.55.